The van der Waals surface area contributed by atoms with E-state index in [4.69, 9.17) is 5.73 Å². The minimum absolute atomic E-state index is 0.0197. The van der Waals surface area contributed by atoms with Crippen LogP contribution in [0.3, 0.4) is 0 Å². The van der Waals surface area contributed by atoms with E-state index in [-0.39, 0.29) is 11.5 Å². The maximum atomic E-state index is 11.8. The van der Waals surface area contributed by atoms with Crippen molar-refractivity contribution < 1.29 is 18.3 Å². The number of halogens is 2. The van der Waals surface area contributed by atoms with E-state index in [0.717, 1.165) is 0 Å². The standard InChI is InChI=1S/C10H11F2NO2/c1-6(13)9(14)7-2-4-8(5-3-7)15-10(11)12/h2-6,10H,13H2,1H3. The van der Waals surface area contributed by atoms with Gasteiger partial charge in [0.1, 0.15) is 5.75 Å². The summed E-state index contributed by atoms with van der Waals surface area (Å²) >= 11 is 0. The summed E-state index contributed by atoms with van der Waals surface area (Å²) in [6.45, 7) is -1.30. The second-order valence-electron chi connectivity index (χ2n) is 3.06. The van der Waals surface area contributed by atoms with Crippen molar-refractivity contribution in [2.75, 3.05) is 0 Å². The van der Waals surface area contributed by atoms with Gasteiger partial charge < -0.3 is 10.5 Å². The van der Waals surface area contributed by atoms with Gasteiger partial charge in [-0.2, -0.15) is 8.78 Å². The average molecular weight is 215 g/mol. The molecule has 1 aromatic carbocycles. The minimum Gasteiger partial charge on any atom is -0.435 e. The molecular weight excluding hydrogens is 204 g/mol. The third kappa shape index (κ3) is 3.28. The fourth-order valence-electron chi connectivity index (χ4n) is 1.06. The highest BCUT2D eigenvalue weighted by atomic mass is 19.3. The van der Waals surface area contributed by atoms with Crippen molar-refractivity contribution in [2.24, 2.45) is 5.73 Å². The molecule has 0 aliphatic rings. The van der Waals surface area contributed by atoms with Crippen molar-refractivity contribution in [1.29, 1.82) is 0 Å². The van der Waals surface area contributed by atoms with Crippen molar-refractivity contribution in [2.45, 2.75) is 19.6 Å². The van der Waals surface area contributed by atoms with Gasteiger partial charge in [0.15, 0.2) is 5.78 Å². The quantitative estimate of drug-likeness (QED) is 0.779. The lowest BCUT2D eigenvalue weighted by atomic mass is 10.1. The monoisotopic (exact) mass is 215 g/mol. The first-order valence-corrected chi connectivity index (χ1v) is 4.35. The van der Waals surface area contributed by atoms with Crippen LogP contribution in [0.15, 0.2) is 24.3 Å². The van der Waals surface area contributed by atoms with E-state index < -0.39 is 12.7 Å². The van der Waals surface area contributed by atoms with Crippen molar-refractivity contribution in [3.8, 4) is 5.75 Å². The Hall–Kier alpha value is -1.49. The van der Waals surface area contributed by atoms with E-state index in [9.17, 15) is 13.6 Å². The van der Waals surface area contributed by atoms with Crippen LogP contribution in [-0.2, 0) is 0 Å². The van der Waals surface area contributed by atoms with Crippen LogP contribution in [0.25, 0.3) is 0 Å². The zero-order valence-electron chi connectivity index (χ0n) is 8.11. The summed E-state index contributed by atoms with van der Waals surface area (Å²) in [6, 6.07) is 4.82. The van der Waals surface area contributed by atoms with Gasteiger partial charge >= 0.3 is 6.61 Å². The SMILES string of the molecule is CC(N)C(=O)c1ccc(OC(F)F)cc1. The van der Waals surface area contributed by atoms with Crippen LogP contribution in [0.4, 0.5) is 8.78 Å². The smallest absolute Gasteiger partial charge is 0.387 e. The molecule has 0 spiro atoms. The van der Waals surface area contributed by atoms with Crippen molar-refractivity contribution in [3.63, 3.8) is 0 Å². The van der Waals surface area contributed by atoms with E-state index in [1.165, 1.54) is 24.3 Å². The molecule has 0 fully saturated rings. The molecule has 82 valence electrons. The lowest BCUT2D eigenvalue weighted by molar-refractivity contribution is -0.0498. The van der Waals surface area contributed by atoms with Crippen LogP contribution in [0.1, 0.15) is 17.3 Å². The van der Waals surface area contributed by atoms with E-state index in [1.807, 2.05) is 0 Å². The van der Waals surface area contributed by atoms with Crippen molar-refractivity contribution >= 4 is 5.78 Å². The number of benzene rings is 1. The molecule has 0 radical (unpaired) electrons. The van der Waals surface area contributed by atoms with Crippen LogP contribution in [-0.4, -0.2) is 18.4 Å². The van der Waals surface area contributed by atoms with Crippen LogP contribution in [0.2, 0.25) is 0 Å². The van der Waals surface area contributed by atoms with E-state index >= 15 is 0 Å². The second kappa shape index (κ2) is 4.84. The normalized spacial score (nSPS) is 12.6. The maximum absolute atomic E-state index is 11.8. The molecule has 0 bridgehead atoms. The van der Waals surface area contributed by atoms with Crippen LogP contribution >= 0.6 is 0 Å². The number of Topliss-reactive ketones (excluding diaryl/α,β-unsaturated/α-hetero) is 1. The summed E-state index contributed by atoms with van der Waals surface area (Å²) in [5.74, 6) is -0.218. The fraction of sp³-hybridized carbons (Fsp3) is 0.300. The number of nitrogens with two attached hydrogens (primary N) is 1. The highest BCUT2D eigenvalue weighted by Crippen LogP contribution is 2.15. The summed E-state index contributed by atoms with van der Waals surface area (Å²) in [6.07, 6.45) is 0. The average Bonchev–Trinajstić information content (AvgIpc) is 2.17. The third-order valence-corrected chi connectivity index (χ3v) is 1.78. The van der Waals surface area contributed by atoms with Gasteiger partial charge in [-0.1, -0.05) is 0 Å². The fourth-order valence-corrected chi connectivity index (χ4v) is 1.06. The van der Waals surface area contributed by atoms with Gasteiger partial charge in [0.25, 0.3) is 0 Å². The van der Waals surface area contributed by atoms with Gasteiger partial charge in [0, 0.05) is 5.56 Å². The van der Waals surface area contributed by atoms with Crippen LogP contribution in [0, 0.1) is 0 Å². The Morgan fingerprint density at radius 1 is 1.33 bits per heavy atom. The number of rotatable bonds is 4. The summed E-state index contributed by atoms with van der Waals surface area (Å²) in [5, 5.41) is 0. The summed E-state index contributed by atoms with van der Waals surface area (Å²) in [4.78, 5) is 11.4. The topological polar surface area (TPSA) is 52.3 Å². The summed E-state index contributed by atoms with van der Waals surface area (Å²) < 4.78 is 27.7. The molecule has 2 N–H and O–H groups in total. The molecule has 0 amide bonds. The lowest BCUT2D eigenvalue weighted by Gasteiger charge is -2.06. The van der Waals surface area contributed by atoms with Crippen LogP contribution in [0.5, 0.6) is 5.75 Å². The van der Waals surface area contributed by atoms with Crippen LogP contribution < -0.4 is 10.5 Å². The van der Waals surface area contributed by atoms with Gasteiger partial charge in [0.2, 0.25) is 0 Å². The lowest BCUT2D eigenvalue weighted by Crippen LogP contribution is -2.26. The first kappa shape index (κ1) is 11.6. The molecule has 0 heterocycles. The zero-order chi connectivity index (χ0) is 11.4. The Bertz CT molecular complexity index is 336. The molecule has 1 aromatic rings. The number of carbonyl (C=O) groups is 1. The molecule has 1 unspecified atom stereocenters. The van der Waals surface area contributed by atoms with Gasteiger partial charge in [-0.05, 0) is 31.2 Å². The molecule has 1 atom stereocenters. The molecule has 0 saturated carbocycles. The van der Waals surface area contributed by atoms with Gasteiger partial charge in [0.05, 0.1) is 6.04 Å². The van der Waals surface area contributed by atoms with Crippen molar-refractivity contribution in [1.82, 2.24) is 0 Å². The Labute approximate surface area is 85.8 Å². The molecular formula is C10H11F2NO2. The number of ether oxygens (including phenoxy) is 1. The number of hydrogen-bond donors (Lipinski definition) is 1. The van der Waals surface area contributed by atoms with Crippen molar-refractivity contribution in [3.05, 3.63) is 29.8 Å². The predicted octanol–water partition coefficient (Wildman–Crippen LogP) is 1.82. The number of hydrogen-bond acceptors (Lipinski definition) is 3. The maximum Gasteiger partial charge on any atom is 0.387 e. The Morgan fingerprint density at radius 3 is 2.27 bits per heavy atom. The molecule has 0 saturated heterocycles. The van der Waals surface area contributed by atoms with Gasteiger partial charge in [-0.3, -0.25) is 4.79 Å². The van der Waals surface area contributed by atoms with E-state index in [1.54, 1.807) is 6.92 Å². The zero-order valence-corrected chi connectivity index (χ0v) is 8.11. The summed E-state index contributed by atoms with van der Waals surface area (Å²) in [5.41, 5.74) is 5.77. The predicted molar refractivity (Wildman–Crippen MR) is 51.1 cm³/mol. The van der Waals surface area contributed by atoms with E-state index in [0.29, 0.717) is 5.56 Å². The highest BCUT2D eigenvalue weighted by molar-refractivity contribution is 5.99. The molecule has 5 heteroatoms. The second-order valence-corrected chi connectivity index (χ2v) is 3.06. The highest BCUT2D eigenvalue weighted by Gasteiger charge is 2.11. The molecule has 0 aliphatic heterocycles. The minimum atomic E-state index is -2.86. The number of ketones is 1. The molecule has 0 aromatic heterocycles. The number of alkyl halides is 2. The number of carbonyl (C=O) groups excluding carboxylic acids is 1. The van der Waals surface area contributed by atoms with E-state index in [2.05, 4.69) is 4.74 Å². The Balaban J connectivity index is 2.76. The first-order chi connectivity index (χ1) is 7.00. The summed E-state index contributed by atoms with van der Waals surface area (Å²) in [7, 11) is 0. The third-order valence-electron chi connectivity index (χ3n) is 1.78. The largest absolute Gasteiger partial charge is 0.435 e. The van der Waals surface area contributed by atoms with Gasteiger partial charge in [-0.15, -0.1) is 0 Å². The molecule has 3 nitrogen and oxygen atoms in total. The molecule has 15 heavy (non-hydrogen) atoms. The first-order valence-electron chi connectivity index (χ1n) is 4.35. The molecule has 1 rings (SSSR count). The Kier molecular flexibility index (Phi) is 3.74. The van der Waals surface area contributed by atoms with Gasteiger partial charge in [-0.25, -0.2) is 0 Å². The molecule has 0 aliphatic carbocycles. The Morgan fingerprint density at radius 2 is 1.87 bits per heavy atom.